The molecule has 0 spiro atoms. The lowest BCUT2D eigenvalue weighted by atomic mass is 10.1. The maximum Gasteiger partial charge on any atom is 0.357 e. The molecule has 0 amide bonds. The predicted octanol–water partition coefficient (Wildman–Crippen LogP) is 2.21. The summed E-state index contributed by atoms with van der Waals surface area (Å²) in [5.41, 5.74) is 3.39. The lowest BCUT2D eigenvalue weighted by Crippen LogP contribution is -1.97. The van der Waals surface area contributed by atoms with Gasteiger partial charge in [-0.05, 0) is 25.1 Å². The van der Waals surface area contributed by atoms with Gasteiger partial charge in [0.25, 0.3) is 0 Å². The van der Waals surface area contributed by atoms with Gasteiger partial charge in [-0.1, -0.05) is 11.6 Å². The van der Waals surface area contributed by atoms with E-state index >= 15 is 0 Å². The van der Waals surface area contributed by atoms with Crippen molar-refractivity contribution >= 4 is 16.9 Å². The first-order valence-corrected chi connectivity index (χ1v) is 4.81. The van der Waals surface area contributed by atoms with E-state index in [1.54, 1.807) is 0 Å². The topological polar surface area (TPSA) is 39.2 Å². The van der Waals surface area contributed by atoms with Crippen LogP contribution in [-0.4, -0.2) is 11.0 Å². The summed E-state index contributed by atoms with van der Waals surface area (Å²) in [4.78, 5) is 15.6. The van der Waals surface area contributed by atoms with Crippen molar-refractivity contribution in [3.8, 4) is 0 Å². The zero-order chi connectivity index (χ0) is 10.4. The van der Waals surface area contributed by atoms with Crippen molar-refractivity contribution in [2.24, 2.45) is 0 Å². The number of cyclic esters (lactones) is 1. The number of hydrogen-bond donors (Lipinski definition) is 0. The fraction of sp³-hybridized carbons (Fsp3) is 0.167. The number of hydrogen-bond acceptors (Lipinski definition) is 3. The number of aromatic nitrogens is 1. The summed E-state index contributed by atoms with van der Waals surface area (Å²) in [6.45, 7) is 2.39. The van der Waals surface area contributed by atoms with Crippen LogP contribution in [0.1, 0.15) is 21.6 Å². The molecule has 0 bridgehead atoms. The monoisotopic (exact) mass is 199 g/mol. The fourth-order valence-electron chi connectivity index (χ4n) is 1.84. The Morgan fingerprint density at radius 3 is 3.07 bits per heavy atom. The molecule has 1 aliphatic rings. The van der Waals surface area contributed by atoms with Crippen LogP contribution in [0, 0.1) is 6.92 Å². The molecule has 0 N–H and O–H groups in total. The second-order valence-corrected chi connectivity index (χ2v) is 3.77. The lowest BCUT2D eigenvalue weighted by molar-refractivity contribution is 0.0531. The zero-order valence-corrected chi connectivity index (χ0v) is 8.28. The molecular weight excluding hydrogens is 190 g/mol. The van der Waals surface area contributed by atoms with Crippen molar-refractivity contribution in [3.63, 3.8) is 0 Å². The normalized spacial score (nSPS) is 14.1. The van der Waals surface area contributed by atoms with Crippen LogP contribution >= 0.6 is 0 Å². The van der Waals surface area contributed by atoms with Crippen molar-refractivity contribution in [2.45, 2.75) is 13.5 Å². The maximum atomic E-state index is 11.3. The molecule has 0 atom stereocenters. The maximum absolute atomic E-state index is 11.3. The summed E-state index contributed by atoms with van der Waals surface area (Å²) in [6, 6.07) is 7.96. The molecule has 0 saturated heterocycles. The number of aryl methyl sites for hydroxylation is 1. The van der Waals surface area contributed by atoms with Gasteiger partial charge in [0.05, 0.1) is 5.52 Å². The summed E-state index contributed by atoms with van der Waals surface area (Å²) < 4.78 is 4.92. The highest BCUT2D eigenvalue weighted by molar-refractivity contribution is 5.95. The second-order valence-electron chi connectivity index (χ2n) is 3.77. The summed E-state index contributed by atoms with van der Waals surface area (Å²) in [7, 11) is 0. The third-order valence-electron chi connectivity index (χ3n) is 2.60. The van der Waals surface area contributed by atoms with Gasteiger partial charge in [0, 0.05) is 10.9 Å². The van der Waals surface area contributed by atoms with Crippen molar-refractivity contribution in [1.82, 2.24) is 4.98 Å². The van der Waals surface area contributed by atoms with Crippen LogP contribution in [0.5, 0.6) is 0 Å². The predicted molar refractivity (Wildman–Crippen MR) is 55.6 cm³/mol. The Morgan fingerprint density at radius 2 is 2.20 bits per heavy atom. The summed E-state index contributed by atoms with van der Waals surface area (Å²) in [5, 5.41) is 1.06. The Hall–Kier alpha value is -1.90. The molecule has 1 aromatic carbocycles. The molecule has 1 aromatic heterocycles. The molecule has 0 aliphatic carbocycles. The van der Waals surface area contributed by atoms with Gasteiger partial charge in [0.1, 0.15) is 6.61 Å². The molecule has 15 heavy (non-hydrogen) atoms. The zero-order valence-electron chi connectivity index (χ0n) is 8.28. The number of pyridine rings is 1. The summed E-state index contributed by atoms with van der Waals surface area (Å²) in [6.07, 6.45) is 0. The number of fused-ring (bicyclic) bond motifs is 2. The molecule has 0 fully saturated rings. The molecule has 3 rings (SSSR count). The number of benzene rings is 1. The Morgan fingerprint density at radius 1 is 1.33 bits per heavy atom. The standard InChI is InChI=1S/C12H9NO2/c1-7-2-3-10-8(4-7)5-9-6-15-12(14)11(9)13-10/h2-5H,6H2,1H3. The molecule has 3 heteroatoms. The molecule has 2 aromatic rings. The van der Waals surface area contributed by atoms with Gasteiger partial charge in [-0.15, -0.1) is 0 Å². The highest BCUT2D eigenvalue weighted by Crippen LogP contribution is 2.23. The van der Waals surface area contributed by atoms with Gasteiger partial charge in [0.15, 0.2) is 5.69 Å². The molecule has 3 nitrogen and oxygen atoms in total. The summed E-state index contributed by atoms with van der Waals surface area (Å²) in [5.74, 6) is -0.313. The Bertz CT molecular complexity index is 575. The first-order valence-electron chi connectivity index (χ1n) is 4.81. The van der Waals surface area contributed by atoms with E-state index in [4.69, 9.17) is 4.74 Å². The van der Waals surface area contributed by atoms with Crippen LogP contribution in [0.3, 0.4) is 0 Å². The number of carbonyl (C=O) groups excluding carboxylic acids is 1. The molecular formula is C12H9NO2. The SMILES string of the molecule is Cc1ccc2nc3c(cc2c1)COC3=O. The molecule has 0 unspecified atom stereocenters. The molecule has 1 aliphatic heterocycles. The third kappa shape index (κ3) is 1.20. The number of ether oxygens (including phenoxy) is 1. The fourth-order valence-corrected chi connectivity index (χ4v) is 1.84. The quantitative estimate of drug-likeness (QED) is 0.610. The van der Waals surface area contributed by atoms with Gasteiger partial charge < -0.3 is 4.74 Å². The van der Waals surface area contributed by atoms with E-state index in [1.165, 1.54) is 5.56 Å². The van der Waals surface area contributed by atoms with Crippen LogP contribution in [0.25, 0.3) is 10.9 Å². The van der Waals surface area contributed by atoms with Crippen molar-refractivity contribution in [1.29, 1.82) is 0 Å². The Balaban J connectivity index is 2.35. The minimum Gasteiger partial charge on any atom is -0.456 e. The second kappa shape index (κ2) is 2.79. The van der Waals surface area contributed by atoms with Gasteiger partial charge in [-0.25, -0.2) is 9.78 Å². The van der Waals surface area contributed by atoms with Gasteiger partial charge in [-0.3, -0.25) is 0 Å². The lowest BCUT2D eigenvalue weighted by Gasteiger charge is -2.00. The van der Waals surface area contributed by atoms with Gasteiger partial charge in [-0.2, -0.15) is 0 Å². The largest absolute Gasteiger partial charge is 0.456 e. The smallest absolute Gasteiger partial charge is 0.357 e. The van der Waals surface area contributed by atoms with Crippen molar-refractivity contribution in [2.75, 3.05) is 0 Å². The highest BCUT2D eigenvalue weighted by Gasteiger charge is 2.23. The Kier molecular flexibility index (Phi) is 1.57. The van der Waals surface area contributed by atoms with Crippen LogP contribution < -0.4 is 0 Å². The van der Waals surface area contributed by atoms with Crippen LogP contribution in [-0.2, 0) is 11.3 Å². The molecule has 2 heterocycles. The van der Waals surface area contributed by atoms with E-state index in [1.807, 2.05) is 25.1 Å². The first-order chi connectivity index (χ1) is 7.24. The number of esters is 1. The Labute approximate surface area is 86.7 Å². The van der Waals surface area contributed by atoms with Crippen LogP contribution in [0.4, 0.5) is 0 Å². The van der Waals surface area contributed by atoms with E-state index in [9.17, 15) is 4.79 Å². The minimum atomic E-state index is -0.313. The van der Waals surface area contributed by atoms with Crippen molar-refractivity contribution < 1.29 is 9.53 Å². The van der Waals surface area contributed by atoms with E-state index in [0.29, 0.717) is 12.3 Å². The molecule has 0 radical (unpaired) electrons. The van der Waals surface area contributed by atoms with E-state index < -0.39 is 0 Å². The van der Waals surface area contributed by atoms with Gasteiger partial charge >= 0.3 is 5.97 Å². The number of nitrogens with zero attached hydrogens (tertiary/aromatic N) is 1. The average molecular weight is 199 g/mol. The number of rotatable bonds is 0. The first kappa shape index (κ1) is 8.41. The van der Waals surface area contributed by atoms with Crippen LogP contribution in [0.2, 0.25) is 0 Å². The van der Waals surface area contributed by atoms with Crippen LogP contribution in [0.15, 0.2) is 24.3 Å². The van der Waals surface area contributed by atoms with Gasteiger partial charge in [0.2, 0.25) is 0 Å². The molecule has 74 valence electrons. The number of carbonyl (C=O) groups is 1. The van der Waals surface area contributed by atoms with E-state index in [-0.39, 0.29) is 5.97 Å². The van der Waals surface area contributed by atoms with E-state index in [2.05, 4.69) is 11.1 Å². The highest BCUT2D eigenvalue weighted by atomic mass is 16.5. The summed E-state index contributed by atoms with van der Waals surface area (Å²) >= 11 is 0. The minimum absolute atomic E-state index is 0.313. The molecule has 0 saturated carbocycles. The van der Waals surface area contributed by atoms with E-state index in [0.717, 1.165) is 16.5 Å². The van der Waals surface area contributed by atoms with Crippen molar-refractivity contribution in [3.05, 3.63) is 41.1 Å². The average Bonchev–Trinajstić information content (AvgIpc) is 2.57. The third-order valence-corrected chi connectivity index (χ3v) is 2.60.